The molecule has 0 aliphatic carbocycles. The molecule has 0 saturated carbocycles. The predicted octanol–water partition coefficient (Wildman–Crippen LogP) is 4.19. The topological polar surface area (TPSA) is 17.1 Å². The number of carbonyl (C=O) groups excluding carboxylic acids is 1. The van der Waals surface area contributed by atoms with Crippen molar-refractivity contribution < 1.29 is 4.79 Å². The fourth-order valence-electron chi connectivity index (χ4n) is 2.11. The second kappa shape index (κ2) is 7.01. The van der Waals surface area contributed by atoms with Gasteiger partial charge in [0.1, 0.15) is 0 Å². The molecule has 0 radical (unpaired) electrons. The zero-order valence-electron chi connectivity index (χ0n) is 10.4. The van der Waals surface area contributed by atoms with Crippen molar-refractivity contribution in [3.8, 4) is 0 Å². The molecule has 2 atom stereocenters. The van der Waals surface area contributed by atoms with Crippen molar-refractivity contribution >= 4 is 45.2 Å². The summed E-state index contributed by atoms with van der Waals surface area (Å²) in [5.74, 6) is 2.68. The van der Waals surface area contributed by atoms with Crippen LogP contribution in [0.5, 0.6) is 0 Å². The van der Waals surface area contributed by atoms with E-state index in [4.69, 9.17) is 0 Å². The first-order chi connectivity index (χ1) is 8.70. The number of rotatable bonds is 4. The Kier molecular flexibility index (Phi) is 5.64. The molecule has 0 amide bonds. The van der Waals surface area contributed by atoms with Gasteiger partial charge in [-0.2, -0.15) is 11.8 Å². The molecule has 1 aromatic carbocycles. The van der Waals surface area contributed by atoms with E-state index in [0.717, 1.165) is 22.2 Å². The minimum atomic E-state index is 0.192. The van der Waals surface area contributed by atoms with Gasteiger partial charge in [0.15, 0.2) is 5.78 Å². The van der Waals surface area contributed by atoms with Crippen LogP contribution >= 0.6 is 39.5 Å². The number of hydrogen-bond acceptors (Lipinski definition) is 3. The third-order valence-corrected chi connectivity index (χ3v) is 6.88. The van der Waals surface area contributed by atoms with E-state index >= 15 is 0 Å². The monoisotopic (exact) mass is 344 g/mol. The number of ketones is 1. The number of hydrogen-bond donors (Lipinski definition) is 0. The Hall–Kier alpha value is 0.0700. The maximum atomic E-state index is 12.4. The van der Waals surface area contributed by atoms with E-state index in [1.54, 1.807) is 0 Å². The molecular formula is C14H17BrOS2. The van der Waals surface area contributed by atoms with Crippen molar-refractivity contribution in [3.05, 3.63) is 34.3 Å². The fourth-order valence-corrected chi connectivity index (χ4v) is 5.41. The summed E-state index contributed by atoms with van der Waals surface area (Å²) in [5, 5.41) is 0.698. The summed E-state index contributed by atoms with van der Waals surface area (Å²) in [5.41, 5.74) is 1.12. The van der Waals surface area contributed by atoms with Crippen LogP contribution in [0.25, 0.3) is 0 Å². The molecule has 4 heteroatoms. The fraction of sp³-hybridized carbons (Fsp3) is 0.500. The molecule has 18 heavy (non-hydrogen) atoms. The summed E-state index contributed by atoms with van der Waals surface area (Å²) in [6.45, 7) is 2.18. The van der Waals surface area contributed by atoms with Crippen molar-refractivity contribution in [1.29, 1.82) is 0 Å². The average molecular weight is 345 g/mol. The average Bonchev–Trinajstić information content (AvgIpc) is 2.41. The molecule has 1 saturated heterocycles. The lowest BCUT2D eigenvalue weighted by Crippen LogP contribution is -2.33. The lowest BCUT2D eigenvalue weighted by Gasteiger charge is -2.28. The highest BCUT2D eigenvalue weighted by Gasteiger charge is 2.30. The van der Waals surface area contributed by atoms with Crippen LogP contribution < -0.4 is 0 Å². The molecule has 2 unspecified atom stereocenters. The Morgan fingerprint density at radius 1 is 1.28 bits per heavy atom. The molecule has 0 bridgehead atoms. The molecule has 1 aliphatic heterocycles. The Balaban J connectivity index is 2.00. The summed E-state index contributed by atoms with van der Waals surface area (Å²) in [6.07, 6.45) is 1.66. The largest absolute Gasteiger partial charge is 0.298 e. The van der Waals surface area contributed by atoms with E-state index in [9.17, 15) is 4.79 Å². The van der Waals surface area contributed by atoms with Crippen LogP contribution in [0.3, 0.4) is 0 Å². The number of benzene rings is 1. The molecule has 2 rings (SSSR count). The van der Waals surface area contributed by atoms with Crippen LogP contribution in [0.15, 0.2) is 28.7 Å². The summed E-state index contributed by atoms with van der Waals surface area (Å²) in [7, 11) is 0. The van der Waals surface area contributed by atoms with Gasteiger partial charge in [0, 0.05) is 27.6 Å². The minimum Gasteiger partial charge on any atom is -0.298 e. The highest BCUT2D eigenvalue weighted by atomic mass is 79.9. The Morgan fingerprint density at radius 3 is 2.61 bits per heavy atom. The Bertz CT molecular complexity index is 405. The number of thioether (sulfide) groups is 2. The summed E-state index contributed by atoms with van der Waals surface area (Å²) in [4.78, 5) is 12.4. The molecular weight excluding hydrogens is 328 g/mol. The van der Waals surface area contributed by atoms with E-state index in [1.165, 1.54) is 5.75 Å². The van der Waals surface area contributed by atoms with Gasteiger partial charge >= 0.3 is 0 Å². The van der Waals surface area contributed by atoms with Crippen LogP contribution in [0.1, 0.15) is 18.9 Å². The molecule has 1 nitrogen and oxygen atoms in total. The maximum Gasteiger partial charge on any atom is 0.151 e. The Labute approximate surface area is 126 Å². The van der Waals surface area contributed by atoms with Crippen LogP contribution in [-0.4, -0.2) is 27.8 Å². The van der Waals surface area contributed by atoms with Gasteiger partial charge in [0.2, 0.25) is 0 Å². The van der Waals surface area contributed by atoms with Gasteiger partial charge in [-0.1, -0.05) is 35.0 Å². The van der Waals surface area contributed by atoms with E-state index < -0.39 is 0 Å². The van der Waals surface area contributed by atoms with Crippen LogP contribution in [0.2, 0.25) is 0 Å². The zero-order chi connectivity index (χ0) is 13.0. The second-order valence-corrected chi connectivity index (χ2v) is 7.89. The molecule has 0 aromatic heterocycles. The van der Waals surface area contributed by atoms with E-state index in [0.29, 0.717) is 17.5 Å². The van der Waals surface area contributed by atoms with Crippen molar-refractivity contribution in [2.75, 3.05) is 11.5 Å². The van der Waals surface area contributed by atoms with Gasteiger partial charge in [-0.15, -0.1) is 11.8 Å². The van der Waals surface area contributed by atoms with E-state index in [1.807, 2.05) is 47.8 Å². The van der Waals surface area contributed by atoms with Gasteiger partial charge in [0.05, 0.1) is 5.25 Å². The zero-order valence-corrected chi connectivity index (χ0v) is 13.6. The van der Waals surface area contributed by atoms with Crippen molar-refractivity contribution in [3.63, 3.8) is 0 Å². The quantitative estimate of drug-likeness (QED) is 0.815. The van der Waals surface area contributed by atoms with E-state index in [-0.39, 0.29) is 5.25 Å². The maximum absolute atomic E-state index is 12.4. The van der Waals surface area contributed by atoms with Crippen molar-refractivity contribution in [2.24, 2.45) is 0 Å². The van der Waals surface area contributed by atoms with Crippen LogP contribution in [0.4, 0.5) is 0 Å². The molecule has 98 valence electrons. The van der Waals surface area contributed by atoms with Crippen molar-refractivity contribution in [2.45, 2.75) is 30.3 Å². The summed E-state index contributed by atoms with van der Waals surface area (Å²) >= 11 is 7.23. The Morgan fingerprint density at radius 2 is 1.94 bits per heavy atom. The standard InChI is InChI=1S/C14H17BrOS2/c1-2-13-14(18-8-7-17-13)12(16)9-10-3-5-11(15)6-4-10/h3-6,13-14H,2,7-9H2,1H3. The summed E-state index contributed by atoms with van der Waals surface area (Å²) < 4.78 is 1.06. The number of halogens is 1. The highest BCUT2D eigenvalue weighted by molar-refractivity contribution is 9.10. The normalized spacial score (nSPS) is 23.9. The molecule has 1 fully saturated rings. The third kappa shape index (κ3) is 3.78. The molecule has 1 heterocycles. The first-order valence-electron chi connectivity index (χ1n) is 6.21. The number of carbonyl (C=O) groups is 1. The van der Waals surface area contributed by atoms with Gasteiger partial charge in [-0.3, -0.25) is 4.79 Å². The van der Waals surface area contributed by atoms with Crippen molar-refractivity contribution in [1.82, 2.24) is 0 Å². The minimum absolute atomic E-state index is 0.192. The highest BCUT2D eigenvalue weighted by Crippen LogP contribution is 2.34. The molecule has 1 aliphatic rings. The smallest absolute Gasteiger partial charge is 0.151 e. The van der Waals surface area contributed by atoms with Gasteiger partial charge in [0.25, 0.3) is 0 Å². The lowest BCUT2D eigenvalue weighted by molar-refractivity contribution is -0.117. The third-order valence-electron chi connectivity index (χ3n) is 3.06. The van der Waals surface area contributed by atoms with Gasteiger partial charge in [-0.05, 0) is 24.1 Å². The SMILES string of the molecule is CCC1SCCSC1C(=O)Cc1ccc(Br)cc1. The van der Waals surface area contributed by atoms with Gasteiger partial charge in [-0.25, -0.2) is 0 Å². The van der Waals surface area contributed by atoms with Crippen LogP contribution in [0, 0.1) is 0 Å². The molecule has 0 N–H and O–H groups in total. The molecule has 1 aromatic rings. The molecule has 0 spiro atoms. The number of Topliss-reactive ketones (excluding diaryl/α,β-unsaturated/α-hetero) is 1. The second-order valence-electron chi connectivity index (χ2n) is 4.38. The summed E-state index contributed by atoms with van der Waals surface area (Å²) in [6, 6.07) is 8.07. The first kappa shape index (κ1) is 14.5. The lowest BCUT2D eigenvalue weighted by atomic mass is 10.0. The predicted molar refractivity (Wildman–Crippen MR) is 85.6 cm³/mol. The van der Waals surface area contributed by atoms with Crippen LogP contribution in [-0.2, 0) is 11.2 Å². The van der Waals surface area contributed by atoms with Gasteiger partial charge < -0.3 is 0 Å². The van der Waals surface area contributed by atoms with E-state index in [2.05, 4.69) is 22.9 Å². The first-order valence-corrected chi connectivity index (χ1v) is 9.10.